The van der Waals surface area contributed by atoms with E-state index < -0.39 is 0 Å². The van der Waals surface area contributed by atoms with Crippen LogP contribution in [0.15, 0.2) is 11.8 Å². The maximum absolute atomic E-state index is 5.71. The summed E-state index contributed by atoms with van der Waals surface area (Å²) in [5.41, 5.74) is 1.23. The lowest BCUT2D eigenvalue weighted by molar-refractivity contribution is 0.383. The van der Waals surface area contributed by atoms with Crippen molar-refractivity contribution in [3.8, 4) is 0 Å². The molecule has 0 aromatic rings. The summed E-state index contributed by atoms with van der Waals surface area (Å²) in [6.45, 7) is 8.73. The summed E-state index contributed by atoms with van der Waals surface area (Å²) in [5, 5.41) is 1.72. The van der Waals surface area contributed by atoms with Crippen LogP contribution in [0.5, 0.6) is 0 Å². The van der Waals surface area contributed by atoms with E-state index in [2.05, 4.69) is 33.8 Å². The minimum absolute atomic E-state index is 0.508. The average Bonchev–Trinajstić information content (AvgIpc) is 1.98. The van der Waals surface area contributed by atoms with Crippen molar-refractivity contribution in [1.82, 2.24) is 5.01 Å². The van der Waals surface area contributed by atoms with Crippen molar-refractivity contribution in [2.24, 2.45) is 17.7 Å². The van der Waals surface area contributed by atoms with E-state index in [9.17, 15) is 0 Å². The molecule has 0 aliphatic carbocycles. The van der Waals surface area contributed by atoms with Gasteiger partial charge in [-0.15, -0.1) is 0 Å². The predicted molar refractivity (Wildman–Crippen MR) is 54.3 cm³/mol. The number of hydrazine groups is 1. The maximum Gasteiger partial charge on any atom is 0.0276 e. The van der Waals surface area contributed by atoms with E-state index in [0.29, 0.717) is 11.8 Å². The van der Waals surface area contributed by atoms with Crippen molar-refractivity contribution in [1.29, 1.82) is 0 Å². The van der Waals surface area contributed by atoms with Gasteiger partial charge in [-0.3, -0.25) is 0 Å². The Balaban J connectivity index is 4.38. The molecule has 0 aliphatic rings. The van der Waals surface area contributed by atoms with Gasteiger partial charge in [0.2, 0.25) is 0 Å². The zero-order valence-electron chi connectivity index (χ0n) is 8.96. The molecular weight excluding hydrogens is 148 g/mol. The highest BCUT2D eigenvalue weighted by molar-refractivity contribution is 5.03. The molecule has 0 aliphatic heterocycles. The van der Waals surface area contributed by atoms with Gasteiger partial charge in [-0.1, -0.05) is 40.2 Å². The third-order valence-corrected chi connectivity index (χ3v) is 2.10. The van der Waals surface area contributed by atoms with Gasteiger partial charge in [0.25, 0.3) is 0 Å². The first-order chi connectivity index (χ1) is 5.49. The molecule has 0 aromatic carbocycles. The molecule has 72 valence electrons. The van der Waals surface area contributed by atoms with E-state index >= 15 is 0 Å². The Morgan fingerprint density at radius 3 is 2.17 bits per heavy atom. The van der Waals surface area contributed by atoms with Crippen LogP contribution >= 0.6 is 0 Å². The Morgan fingerprint density at radius 1 is 1.42 bits per heavy atom. The Labute approximate surface area is 76.4 Å². The van der Waals surface area contributed by atoms with Gasteiger partial charge in [0.15, 0.2) is 0 Å². The molecule has 0 saturated carbocycles. The standard InChI is InChI=1S/C10H22N2/c1-6-9(4)7-10(8(2)3)12(5)11/h7-9H,6,11H2,1-5H3/b10-7-. The predicted octanol–water partition coefficient (Wildman–Crippen LogP) is 2.38. The average molecular weight is 170 g/mol. The first-order valence-electron chi connectivity index (χ1n) is 4.69. The van der Waals surface area contributed by atoms with Crippen LogP contribution in [0.1, 0.15) is 34.1 Å². The summed E-state index contributed by atoms with van der Waals surface area (Å²) in [7, 11) is 1.90. The minimum atomic E-state index is 0.508. The molecule has 2 N–H and O–H groups in total. The second kappa shape index (κ2) is 5.20. The Kier molecular flexibility index (Phi) is 4.98. The molecule has 0 radical (unpaired) electrons. The highest BCUT2D eigenvalue weighted by Crippen LogP contribution is 2.15. The van der Waals surface area contributed by atoms with E-state index in [-0.39, 0.29) is 0 Å². The lowest BCUT2D eigenvalue weighted by Gasteiger charge is -2.21. The number of allylic oxidation sites excluding steroid dienone is 2. The molecular formula is C10H22N2. The summed E-state index contributed by atoms with van der Waals surface area (Å²) in [6.07, 6.45) is 3.43. The van der Waals surface area contributed by atoms with Gasteiger partial charge in [0, 0.05) is 12.7 Å². The van der Waals surface area contributed by atoms with Crippen molar-refractivity contribution in [3.63, 3.8) is 0 Å². The highest BCUT2D eigenvalue weighted by Gasteiger charge is 2.06. The molecule has 1 atom stereocenters. The van der Waals surface area contributed by atoms with Gasteiger partial charge in [-0.25, -0.2) is 5.84 Å². The van der Waals surface area contributed by atoms with Crippen molar-refractivity contribution in [3.05, 3.63) is 11.8 Å². The van der Waals surface area contributed by atoms with Crippen molar-refractivity contribution in [2.45, 2.75) is 34.1 Å². The van der Waals surface area contributed by atoms with Gasteiger partial charge in [0.05, 0.1) is 0 Å². The van der Waals surface area contributed by atoms with E-state index in [4.69, 9.17) is 5.84 Å². The van der Waals surface area contributed by atoms with Crippen LogP contribution < -0.4 is 5.84 Å². The second-order valence-electron chi connectivity index (χ2n) is 3.74. The molecule has 0 rings (SSSR count). The smallest absolute Gasteiger partial charge is 0.0276 e. The lowest BCUT2D eigenvalue weighted by atomic mass is 10.0. The van der Waals surface area contributed by atoms with Gasteiger partial charge in [0.1, 0.15) is 0 Å². The Hall–Kier alpha value is -0.500. The van der Waals surface area contributed by atoms with Gasteiger partial charge < -0.3 is 5.01 Å². The Morgan fingerprint density at radius 2 is 1.92 bits per heavy atom. The van der Waals surface area contributed by atoms with Crippen LogP contribution in [-0.2, 0) is 0 Å². The molecule has 0 saturated heterocycles. The van der Waals surface area contributed by atoms with Crippen molar-refractivity contribution < 1.29 is 0 Å². The first-order valence-corrected chi connectivity index (χ1v) is 4.69. The Bertz CT molecular complexity index is 138. The summed E-state index contributed by atoms with van der Waals surface area (Å²) in [6, 6.07) is 0. The van der Waals surface area contributed by atoms with Crippen LogP contribution in [0.2, 0.25) is 0 Å². The van der Waals surface area contributed by atoms with Crippen LogP contribution in [0.4, 0.5) is 0 Å². The summed E-state index contributed by atoms with van der Waals surface area (Å²) >= 11 is 0. The summed E-state index contributed by atoms with van der Waals surface area (Å²) < 4.78 is 0. The lowest BCUT2D eigenvalue weighted by Crippen LogP contribution is -2.28. The van der Waals surface area contributed by atoms with E-state index in [1.807, 2.05) is 7.05 Å². The quantitative estimate of drug-likeness (QED) is 0.518. The minimum Gasteiger partial charge on any atom is -0.318 e. The molecule has 0 fully saturated rings. The topological polar surface area (TPSA) is 29.3 Å². The fraction of sp³-hybridized carbons (Fsp3) is 0.800. The highest BCUT2D eigenvalue weighted by atomic mass is 15.4. The molecule has 0 aromatic heterocycles. The summed E-state index contributed by atoms with van der Waals surface area (Å²) in [5.74, 6) is 6.83. The zero-order valence-corrected chi connectivity index (χ0v) is 8.96. The number of hydrogen-bond donors (Lipinski definition) is 1. The van der Waals surface area contributed by atoms with Crippen LogP contribution in [0, 0.1) is 11.8 Å². The third-order valence-electron chi connectivity index (χ3n) is 2.10. The number of rotatable bonds is 4. The maximum atomic E-state index is 5.71. The summed E-state index contributed by atoms with van der Waals surface area (Å²) in [4.78, 5) is 0. The number of nitrogens with two attached hydrogens (primary N) is 1. The van der Waals surface area contributed by atoms with Crippen molar-refractivity contribution >= 4 is 0 Å². The number of hydrogen-bond acceptors (Lipinski definition) is 2. The molecule has 2 heteroatoms. The molecule has 0 bridgehead atoms. The zero-order chi connectivity index (χ0) is 9.72. The van der Waals surface area contributed by atoms with Crippen molar-refractivity contribution in [2.75, 3.05) is 7.05 Å². The number of nitrogens with zero attached hydrogens (tertiary/aromatic N) is 1. The fourth-order valence-electron chi connectivity index (χ4n) is 1.13. The molecule has 1 unspecified atom stereocenters. The third kappa shape index (κ3) is 3.77. The fourth-order valence-corrected chi connectivity index (χ4v) is 1.13. The van der Waals surface area contributed by atoms with Crippen LogP contribution in [0.25, 0.3) is 0 Å². The monoisotopic (exact) mass is 170 g/mol. The van der Waals surface area contributed by atoms with Crippen LogP contribution in [-0.4, -0.2) is 12.1 Å². The SMILES string of the molecule is CCC(C)/C=C(/C(C)C)N(C)N. The van der Waals surface area contributed by atoms with E-state index in [1.54, 1.807) is 5.01 Å². The molecule has 0 spiro atoms. The van der Waals surface area contributed by atoms with E-state index in [0.717, 1.165) is 0 Å². The largest absolute Gasteiger partial charge is 0.318 e. The molecule has 2 nitrogen and oxygen atoms in total. The molecule has 12 heavy (non-hydrogen) atoms. The van der Waals surface area contributed by atoms with Crippen LogP contribution in [0.3, 0.4) is 0 Å². The first kappa shape index (κ1) is 11.5. The normalized spacial score (nSPS) is 15.1. The van der Waals surface area contributed by atoms with Gasteiger partial charge in [-0.2, -0.15) is 0 Å². The second-order valence-corrected chi connectivity index (χ2v) is 3.74. The van der Waals surface area contributed by atoms with E-state index in [1.165, 1.54) is 12.1 Å². The van der Waals surface area contributed by atoms with Gasteiger partial charge >= 0.3 is 0 Å². The molecule has 0 heterocycles. The van der Waals surface area contributed by atoms with Gasteiger partial charge in [-0.05, 0) is 11.8 Å². The molecule has 0 amide bonds.